The summed E-state index contributed by atoms with van der Waals surface area (Å²) in [5.41, 5.74) is 3.43. The number of nitrogens with zero attached hydrogens (tertiary/aromatic N) is 1. The molecule has 1 amide bonds. The molecule has 0 aliphatic heterocycles. The molecule has 19 heavy (non-hydrogen) atoms. The minimum absolute atomic E-state index is 0.0927. The molecule has 0 bridgehead atoms. The fourth-order valence-electron chi connectivity index (χ4n) is 1.46. The Bertz CT molecular complexity index is 438. The zero-order valence-electron chi connectivity index (χ0n) is 11.6. The van der Waals surface area contributed by atoms with Crippen molar-refractivity contribution in [2.45, 2.75) is 26.7 Å². The second-order valence-electron chi connectivity index (χ2n) is 3.86. The lowest BCUT2D eigenvalue weighted by molar-refractivity contribution is -0.123. The van der Waals surface area contributed by atoms with Gasteiger partial charge in [-0.05, 0) is 25.0 Å². The molecule has 0 spiro atoms. The Morgan fingerprint density at radius 2 is 1.84 bits per heavy atom. The SMILES string of the molecule is CCC(CC)=NNC(=O)COc1ccccc1OC. The smallest absolute Gasteiger partial charge is 0.277 e. The number of amides is 1. The van der Waals surface area contributed by atoms with Crippen LogP contribution in [0.25, 0.3) is 0 Å². The zero-order chi connectivity index (χ0) is 14.1. The van der Waals surface area contributed by atoms with Gasteiger partial charge in [0.25, 0.3) is 5.91 Å². The topological polar surface area (TPSA) is 59.9 Å². The molecule has 0 saturated heterocycles. The van der Waals surface area contributed by atoms with E-state index in [1.54, 1.807) is 19.2 Å². The number of benzene rings is 1. The number of hydrogen-bond acceptors (Lipinski definition) is 4. The maximum Gasteiger partial charge on any atom is 0.277 e. The first-order valence-electron chi connectivity index (χ1n) is 6.31. The highest BCUT2D eigenvalue weighted by Gasteiger charge is 2.06. The van der Waals surface area contributed by atoms with E-state index in [1.807, 2.05) is 26.0 Å². The highest BCUT2D eigenvalue weighted by molar-refractivity contribution is 5.86. The van der Waals surface area contributed by atoms with Crippen molar-refractivity contribution in [2.24, 2.45) is 5.10 Å². The molecule has 5 heteroatoms. The van der Waals surface area contributed by atoms with Crippen LogP contribution in [0.4, 0.5) is 0 Å². The molecule has 0 aliphatic carbocycles. The van der Waals surface area contributed by atoms with Crippen LogP contribution in [0.15, 0.2) is 29.4 Å². The number of methoxy groups -OCH3 is 1. The maximum absolute atomic E-state index is 11.6. The second kappa shape index (κ2) is 8.13. The number of hydrazone groups is 1. The zero-order valence-corrected chi connectivity index (χ0v) is 11.6. The lowest BCUT2D eigenvalue weighted by Gasteiger charge is -2.09. The van der Waals surface area contributed by atoms with Gasteiger partial charge in [-0.25, -0.2) is 5.43 Å². The van der Waals surface area contributed by atoms with E-state index in [0.29, 0.717) is 11.5 Å². The van der Waals surface area contributed by atoms with Gasteiger partial charge in [0.15, 0.2) is 18.1 Å². The lowest BCUT2D eigenvalue weighted by Crippen LogP contribution is -2.25. The van der Waals surface area contributed by atoms with Gasteiger partial charge in [0.05, 0.1) is 7.11 Å². The predicted octanol–water partition coefficient (Wildman–Crippen LogP) is 2.37. The van der Waals surface area contributed by atoms with Gasteiger partial charge in [-0.15, -0.1) is 0 Å². The molecule has 0 fully saturated rings. The first kappa shape index (κ1) is 15.0. The lowest BCUT2D eigenvalue weighted by atomic mass is 10.2. The normalized spacial score (nSPS) is 9.63. The number of nitrogens with one attached hydrogen (secondary N) is 1. The van der Waals surface area contributed by atoms with E-state index >= 15 is 0 Å². The van der Waals surface area contributed by atoms with Crippen molar-refractivity contribution < 1.29 is 14.3 Å². The number of carbonyl (C=O) groups excluding carboxylic acids is 1. The van der Waals surface area contributed by atoms with Crippen LogP contribution in [-0.2, 0) is 4.79 Å². The molecule has 1 rings (SSSR count). The molecule has 0 heterocycles. The average molecular weight is 264 g/mol. The summed E-state index contributed by atoms with van der Waals surface area (Å²) in [5, 5.41) is 4.02. The highest BCUT2D eigenvalue weighted by Crippen LogP contribution is 2.25. The van der Waals surface area contributed by atoms with E-state index in [0.717, 1.165) is 18.6 Å². The number of ether oxygens (including phenoxy) is 2. The molecular weight excluding hydrogens is 244 g/mol. The molecular formula is C14H20N2O3. The molecule has 0 saturated carbocycles. The van der Waals surface area contributed by atoms with E-state index in [-0.39, 0.29) is 12.5 Å². The molecule has 104 valence electrons. The van der Waals surface area contributed by atoms with Crippen molar-refractivity contribution in [2.75, 3.05) is 13.7 Å². The van der Waals surface area contributed by atoms with Crippen LogP contribution in [0.3, 0.4) is 0 Å². The minimum atomic E-state index is -0.287. The quantitative estimate of drug-likeness (QED) is 0.607. The van der Waals surface area contributed by atoms with Gasteiger partial charge < -0.3 is 9.47 Å². The fourth-order valence-corrected chi connectivity index (χ4v) is 1.46. The maximum atomic E-state index is 11.6. The van der Waals surface area contributed by atoms with Crippen molar-refractivity contribution in [3.63, 3.8) is 0 Å². The Balaban J connectivity index is 2.48. The van der Waals surface area contributed by atoms with Crippen LogP contribution in [-0.4, -0.2) is 25.3 Å². The Morgan fingerprint density at radius 3 is 2.42 bits per heavy atom. The summed E-state index contributed by atoms with van der Waals surface area (Å²) in [6.45, 7) is 3.91. The molecule has 0 aliphatic rings. The number of para-hydroxylation sites is 2. The van der Waals surface area contributed by atoms with Crippen LogP contribution >= 0.6 is 0 Å². The summed E-state index contributed by atoms with van der Waals surface area (Å²) < 4.78 is 10.5. The van der Waals surface area contributed by atoms with E-state index in [1.165, 1.54) is 0 Å². The van der Waals surface area contributed by atoms with Crippen molar-refractivity contribution in [3.8, 4) is 11.5 Å². The van der Waals surface area contributed by atoms with Gasteiger partial charge in [0, 0.05) is 5.71 Å². The molecule has 0 aromatic heterocycles. The Kier molecular flexibility index (Phi) is 6.43. The Hall–Kier alpha value is -2.04. The molecule has 1 N–H and O–H groups in total. The van der Waals surface area contributed by atoms with Gasteiger partial charge >= 0.3 is 0 Å². The van der Waals surface area contributed by atoms with Crippen molar-refractivity contribution >= 4 is 11.6 Å². The van der Waals surface area contributed by atoms with Gasteiger partial charge in [0.2, 0.25) is 0 Å². The molecule has 0 unspecified atom stereocenters. The van der Waals surface area contributed by atoms with E-state index < -0.39 is 0 Å². The van der Waals surface area contributed by atoms with Crippen LogP contribution in [0.1, 0.15) is 26.7 Å². The van der Waals surface area contributed by atoms with Crippen LogP contribution < -0.4 is 14.9 Å². The highest BCUT2D eigenvalue weighted by atomic mass is 16.5. The van der Waals surface area contributed by atoms with Gasteiger partial charge in [-0.1, -0.05) is 26.0 Å². The summed E-state index contributed by atoms with van der Waals surface area (Å²) in [4.78, 5) is 11.6. The van der Waals surface area contributed by atoms with Gasteiger partial charge in [0.1, 0.15) is 0 Å². The summed E-state index contributed by atoms with van der Waals surface area (Å²) in [5.74, 6) is 0.849. The largest absolute Gasteiger partial charge is 0.493 e. The third kappa shape index (κ3) is 4.99. The van der Waals surface area contributed by atoms with E-state index in [9.17, 15) is 4.79 Å². The predicted molar refractivity (Wildman–Crippen MR) is 74.6 cm³/mol. The first-order chi connectivity index (χ1) is 9.21. The number of hydrogen-bond donors (Lipinski definition) is 1. The number of rotatable bonds is 7. The average Bonchev–Trinajstić information content (AvgIpc) is 2.46. The molecule has 0 atom stereocenters. The minimum Gasteiger partial charge on any atom is -0.493 e. The summed E-state index contributed by atoms with van der Waals surface area (Å²) >= 11 is 0. The van der Waals surface area contributed by atoms with Crippen molar-refractivity contribution in [1.29, 1.82) is 0 Å². The first-order valence-corrected chi connectivity index (χ1v) is 6.31. The third-order valence-corrected chi connectivity index (χ3v) is 2.58. The Labute approximate surface area is 113 Å². The molecule has 1 aromatic carbocycles. The Morgan fingerprint density at radius 1 is 1.21 bits per heavy atom. The summed E-state index contributed by atoms with van der Waals surface area (Å²) in [7, 11) is 1.56. The van der Waals surface area contributed by atoms with Crippen molar-refractivity contribution in [1.82, 2.24) is 5.43 Å². The third-order valence-electron chi connectivity index (χ3n) is 2.58. The van der Waals surface area contributed by atoms with E-state index in [2.05, 4.69) is 10.5 Å². The van der Waals surface area contributed by atoms with E-state index in [4.69, 9.17) is 9.47 Å². The summed E-state index contributed by atoms with van der Waals surface area (Å²) in [6.07, 6.45) is 1.65. The number of carbonyl (C=O) groups is 1. The second-order valence-corrected chi connectivity index (χ2v) is 3.86. The van der Waals surface area contributed by atoms with Crippen molar-refractivity contribution in [3.05, 3.63) is 24.3 Å². The van der Waals surface area contributed by atoms with Gasteiger partial charge in [-0.3, -0.25) is 4.79 Å². The monoisotopic (exact) mass is 264 g/mol. The summed E-state index contributed by atoms with van der Waals surface area (Å²) in [6, 6.07) is 7.18. The standard InChI is InChI=1S/C14H20N2O3/c1-4-11(5-2)15-16-14(17)10-19-13-9-7-6-8-12(13)18-3/h6-9H,4-5,10H2,1-3H3,(H,16,17). The van der Waals surface area contributed by atoms with Crippen LogP contribution in [0.2, 0.25) is 0 Å². The fraction of sp³-hybridized carbons (Fsp3) is 0.429. The molecule has 0 radical (unpaired) electrons. The van der Waals surface area contributed by atoms with Crippen LogP contribution in [0.5, 0.6) is 11.5 Å². The molecule has 1 aromatic rings. The van der Waals surface area contributed by atoms with Gasteiger partial charge in [-0.2, -0.15) is 5.10 Å². The van der Waals surface area contributed by atoms with Crippen LogP contribution in [0, 0.1) is 0 Å². The molecule has 5 nitrogen and oxygen atoms in total.